The molecule has 1 aliphatic rings. The normalized spacial score (nSPS) is 20.1. The van der Waals surface area contributed by atoms with E-state index >= 15 is 0 Å². The number of carbonyl (C=O) groups is 1. The number of benzene rings is 1. The van der Waals surface area contributed by atoms with Gasteiger partial charge in [-0.25, -0.2) is 0 Å². The minimum atomic E-state index is -0.200. The Morgan fingerprint density at radius 3 is 3.17 bits per heavy atom. The third-order valence-corrected chi connectivity index (χ3v) is 2.95. The number of hydrogen-bond acceptors (Lipinski definition) is 4. The predicted molar refractivity (Wildman–Crippen MR) is 69.1 cm³/mol. The van der Waals surface area contributed by atoms with Gasteiger partial charge in [-0.2, -0.15) is 5.26 Å². The molecule has 1 saturated heterocycles. The van der Waals surface area contributed by atoms with Gasteiger partial charge in [0.1, 0.15) is 0 Å². The summed E-state index contributed by atoms with van der Waals surface area (Å²) < 4.78 is 0. The maximum Gasteiger partial charge on any atom is 0.242 e. The van der Waals surface area contributed by atoms with E-state index in [1.54, 1.807) is 24.3 Å². The Kier molecular flexibility index (Phi) is 3.92. The third kappa shape index (κ3) is 3.06. The summed E-state index contributed by atoms with van der Waals surface area (Å²) in [6, 6.07) is 8.78. The highest BCUT2D eigenvalue weighted by Crippen LogP contribution is 2.10. The second-order valence-electron chi connectivity index (χ2n) is 4.45. The lowest BCUT2D eigenvalue weighted by atomic mass is 10.2. The summed E-state index contributed by atoms with van der Waals surface area (Å²) >= 11 is 0. The van der Waals surface area contributed by atoms with Crippen molar-refractivity contribution < 1.29 is 4.79 Å². The summed E-state index contributed by atoms with van der Waals surface area (Å²) in [6.45, 7) is 2.46. The van der Waals surface area contributed by atoms with Gasteiger partial charge in [-0.05, 0) is 25.2 Å². The van der Waals surface area contributed by atoms with Gasteiger partial charge in [-0.15, -0.1) is 0 Å². The molecule has 0 saturated carbocycles. The van der Waals surface area contributed by atoms with Crippen molar-refractivity contribution in [2.45, 2.75) is 6.04 Å². The molecule has 0 aliphatic carbocycles. The number of nitrogens with one attached hydrogen (secondary N) is 2. The molecule has 1 aromatic carbocycles. The largest absolute Gasteiger partial charge is 0.325 e. The summed E-state index contributed by atoms with van der Waals surface area (Å²) in [7, 11) is 2.00. The quantitative estimate of drug-likeness (QED) is 0.790. The second kappa shape index (κ2) is 5.63. The Hall–Kier alpha value is -1.90. The molecule has 5 heteroatoms. The minimum absolute atomic E-state index is 0.0587. The zero-order chi connectivity index (χ0) is 13.0. The van der Waals surface area contributed by atoms with Crippen LogP contribution in [0.4, 0.5) is 5.69 Å². The van der Waals surface area contributed by atoms with E-state index < -0.39 is 0 Å². The van der Waals surface area contributed by atoms with E-state index in [1.165, 1.54) is 0 Å². The topological polar surface area (TPSA) is 68.2 Å². The minimum Gasteiger partial charge on any atom is -0.325 e. The molecule has 1 fully saturated rings. The fraction of sp³-hybridized carbons (Fsp3) is 0.385. The molecule has 94 valence electrons. The molecule has 1 aliphatic heterocycles. The molecule has 5 nitrogen and oxygen atoms in total. The number of nitriles is 1. The fourth-order valence-electron chi connectivity index (χ4n) is 1.97. The van der Waals surface area contributed by atoms with Crippen LogP contribution in [0.2, 0.25) is 0 Å². The maximum atomic E-state index is 12.0. The number of carbonyl (C=O) groups excluding carboxylic acids is 1. The highest BCUT2D eigenvalue weighted by Gasteiger charge is 2.23. The van der Waals surface area contributed by atoms with Gasteiger partial charge in [0.2, 0.25) is 5.91 Å². The molecule has 2 N–H and O–H groups in total. The molecule has 0 bridgehead atoms. The molecule has 1 atom stereocenters. The van der Waals surface area contributed by atoms with Gasteiger partial charge in [0.25, 0.3) is 0 Å². The van der Waals surface area contributed by atoms with Crippen LogP contribution in [0.15, 0.2) is 24.3 Å². The van der Waals surface area contributed by atoms with E-state index in [0.29, 0.717) is 17.8 Å². The summed E-state index contributed by atoms with van der Waals surface area (Å²) in [4.78, 5) is 14.1. The van der Waals surface area contributed by atoms with Crippen LogP contribution in [-0.2, 0) is 4.79 Å². The predicted octanol–water partition coefficient (Wildman–Crippen LogP) is 0.400. The van der Waals surface area contributed by atoms with Crippen molar-refractivity contribution in [3.8, 4) is 6.07 Å². The standard InChI is InChI=1S/C13H16N4O/c1-17-6-5-15-12(9-17)13(18)16-11-4-2-3-10(7-11)8-14/h2-4,7,12,15H,5-6,9H2,1H3,(H,16,18). The molecule has 2 rings (SSSR count). The molecule has 1 amide bonds. The van der Waals surface area contributed by atoms with Crippen molar-refractivity contribution in [3.05, 3.63) is 29.8 Å². The monoisotopic (exact) mass is 244 g/mol. The summed E-state index contributed by atoms with van der Waals surface area (Å²) in [6.07, 6.45) is 0. The number of hydrogen-bond donors (Lipinski definition) is 2. The Bertz CT molecular complexity index is 480. The van der Waals surface area contributed by atoms with Crippen LogP contribution < -0.4 is 10.6 Å². The van der Waals surface area contributed by atoms with Crippen molar-refractivity contribution in [3.63, 3.8) is 0 Å². The van der Waals surface area contributed by atoms with Crippen molar-refractivity contribution in [2.24, 2.45) is 0 Å². The van der Waals surface area contributed by atoms with Crippen molar-refractivity contribution in [2.75, 3.05) is 32.0 Å². The van der Waals surface area contributed by atoms with Gasteiger partial charge in [0, 0.05) is 25.3 Å². The van der Waals surface area contributed by atoms with Crippen LogP contribution in [0.25, 0.3) is 0 Å². The molecule has 18 heavy (non-hydrogen) atoms. The van der Waals surface area contributed by atoms with E-state index in [9.17, 15) is 4.79 Å². The van der Waals surface area contributed by atoms with Gasteiger partial charge < -0.3 is 15.5 Å². The van der Waals surface area contributed by atoms with Gasteiger partial charge in [0.15, 0.2) is 0 Å². The lowest BCUT2D eigenvalue weighted by Gasteiger charge is -2.29. The van der Waals surface area contributed by atoms with Crippen molar-refractivity contribution >= 4 is 11.6 Å². The zero-order valence-corrected chi connectivity index (χ0v) is 10.3. The van der Waals surface area contributed by atoms with Crippen LogP contribution in [0.3, 0.4) is 0 Å². The molecule has 1 aromatic rings. The number of amides is 1. The van der Waals surface area contributed by atoms with Crippen LogP contribution >= 0.6 is 0 Å². The highest BCUT2D eigenvalue weighted by molar-refractivity contribution is 5.95. The zero-order valence-electron chi connectivity index (χ0n) is 10.3. The molecule has 0 aromatic heterocycles. The number of likely N-dealkylation sites (N-methyl/N-ethyl adjacent to an activating group) is 1. The summed E-state index contributed by atoms with van der Waals surface area (Å²) in [5, 5.41) is 14.8. The van der Waals surface area contributed by atoms with Crippen molar-refractivity contribution in [1.29, 1.82) is 5.26 Å². The summed E-state index contributed by atoms with van der Waals surface area (Å²) in [5.74, 6) is -0.0587. The van der Waals surface area contributed by atoms with E-state index in [0.717, 1.165) is 13.1 Å². The van der Waals surface area contributed by atoms with Gasteiger partial charge >= 0.3 is 0 Å². The molecular formula is C13H16N4O. The van der Waals surface area contributed by atoms with E-state index in [4.69, 9.17) is 5.26 Å². The first-order chi connectivity index (χ1) is 8.69. The van der Waals surface area contributed by atoms with Crippen LogP contribution in [0.5, 0.6) is 0 Å². The first-order valence-corrected chi connectivity index (χ1v) is 5.92. The van der Waals surface area contributed by atoms with Gasteiger partial charge in [0.05, 0.1) is 17.7 Å². The molecule has 0 radical (unpaired) electrons. The van der Waals surface area contributed by atoms with Crippen LogP contribution in [-0.4, -0.2) is 43.5 Å². The first-order valence-electron chi connectivity index (χ1n) is 5.92. The van der Waals surface area contributed by atoms with Crippen LogP contribution in [0, 0.1) is 11.3 Å². The first kappa shape index (κ1) is 12.6. The van der Waals surface area contributed by atoms with Crippen molar-refractivity contribution in [1.82, 2.24) is 10.2 Å². The Balaban J connectivity index is 2.00. The third-order valence-electron chi connectivity index (χ3n) is 2.95. The number of anilines is 1. The number of rotatable bonds is 2. The Labute approximate surface area is 106 Å². The Morgan fingerprint density at radius 1 is 1.61 bits per heavy atom. The fourth-order valence-corrected chi connectivity index (χ4v) is 1.97. The smallest absolute Gasteiger partial charge is 0.242 e. The second-order valence-corrected chi connectivity index (χ2v) is 4.45. The Morgan fingerprint density at radius 2 is 2.44 bits per heavy atom. The lowest BCUT2D eigenvalue weighted by molar-refractivity contribution is -0.119. The molecule has 0 spiro atoms. The number of nitrogens with zero attached hydrogens (tertiary/aromatic N) is 2. The van der Waals surface area contributed by atoms with Gasteiger partial charge in [-0.3, -0.25) is 4.79 Å². The van der Waals surface area contributed by atoms with Crippen LogP contribution in [0.1, 0.15) is 5.56 Å². The molecular weight excluding hydrogens is 228 g/mol. The average molecular weight is 244 g/mol. The SMILES string of the molecule is CN1CCNC(C(=O)Nc2cccc(C#N)c2)C1. The molecule has 1 unspecified atom stereocenters. The maximum absolute atomic E-state index is 12.0. The van der Waals surface area contributed by atoms with E-state index in [2.05, 4.69) is 21.6 Å². The number of piperazine rings is 1. The summed E-state index contributed by atoms with van der Waals surface area (Å²) in [5.41, 5.74) is 1.20. The van der Waals surface area contributed by atoms with E-state index in [1.807, 2.05) is 7.05 Å². The molecule has 1 heterocycles. The van der Waals surface area contributed by atoms with E-state index in [-0.39, 0.29) is 11.9 Å². The average Bonchev–Trinajstić information content (AvgIpc) is 2.39. The highest BCUT2D eigenvalue weighted by atomic mass is 16.2. The lowest BCUT2D eigenvalue weighted by Crippen LogP contribution is -2.54. The van der Waals surface area contributed by atoms with Gasteiger partial charge in [-0.1, -0.05) is 6.07 Å².